The van der Waals surface area contributed by atoms with Crippen LogP contribution in [0.4, 0.5) is 0 Å². The number of aliphatic hydroxyl groups is 1. The molecule has 1 saturated heterocycles. The van der Waals surface area contributed by atoms with Gasteiger partial charge in [0.1, 0.15) is 0 Å². The fourth-order valence-electron chi connectivity index (χ4n) is 3.08. The Morgan fingerprint density at radius 2 is 2.18 bits per heavy atom. The fourth-order valence-corrected chi connectivity index (χ4v) is 3.08. The summed E-state index contributed by atoms with van der Waals surface area (Å²) in [5.41, 5.74) is 2.62. The molecule has 0 radical (unpaired) electrons. The predicted molar refractivity (Wildman–Crippen MR) is 67.6 cm³/mol. The van der Waals surface area contributed by atoms with Gasteiger partial charge in [-0.05, 0) is 36.4 Å². The van der Waals surface area contributed by atoms with E-state index in [2.05, 4.69) is 34.9 Å². The Morgan fingerprint density at radius 1 is 1.29 bits per heavy atom. The number of hydrogen-bond donors (Lipinski definition) is 3. The molecule has 0 spiro atoms. The van der Waals surface area contributed by atoms with Gasteiger partial charge in [0.15, 0.2) is 0 Å². The van der Waals surface area contributed by atoms with Gasteiger partial charge < -0.3 is 15.7 Å². The molecule has 0 saturated carbocycles. The minimum Gasteiger partial charge on any atom is -0.391 e. The van der Waals surface area contributed by atoms with Crippen molar-refractivity contribution in [3.63, 3.8) is 0 Å². The molecule has 3 N–H and O–H groups in total. The van der Waals surface area contributed by atoms with E-state index in [4.69, 9.17) is 0 Å². The predicted octanol–water partition coefficient (Wildman–Crippen LogP) is 1.19. The first kappa shape index (κ1) is 11.2. The molecular weight excluding hydrogens is 212 g/mol. The zero-order chi connectivity index (χ0) is 11.7. The highest BCUT2D eigenvalue weighted by atomic mass is 16.3. The first-order chi connectivity index (χ1) is 8.36. The van der Waals surface area contributed by atoms with Gasteiger partial charge in [0, 0.05) is 13.1 Å². The highest BCUT2D eigenvalue weighted by Crippen LogP contribution is 2.32. The van der Waals surface area contributed by atoms with E-state index in [0.717, 1.165) is 26.1 Å². The summed E-state index contributed by atoms with van der Waals surface area (Å²) in [7, 11) is 0. The second-order valence-corrected chi connectivity index (χ2v) is 5.15. The van der Waals surface area contributed by atoms with Crippen molar-refractivity contribution in [2.75, 3.05) is 13.1 Å². The van der Waals surface area contributed by atoms with Gasteiger partial charge in [0.25, 0.3) is 0 Å². The number of rotatable bonds is 2. The molecule has 3 heteroatoms. The third-order valence-corrected chi connectivity index (χ3v) is 4.06. The fraction of sp³-hybridized carbons (Fsp3) is 0.571. The van der Waals surface area contributed by atoms with Crippen LogP contribution in [0.25, 0.3) is 0 Å². The van der Waals surface area contributed by atoms with E-state index in [-0.39, 0.29) is 12.1 Å². The highest BCUT2D eigenvalue weighted by molar-refractivity contribution is 5.34. The SMILES string of the molecule is OC(C1CCCNC1)C1NCc2ccccc21. The first-order valence-corrected chi connectivity index (χ1v) is 6.56. The van der Waals surface area contributed by atoms with E-state index in [0.29, 0.717) is 5.92 Å². The van der Waals surface area contributed by atoms with E-state index >= 15 is 0 Å². The summed E-state index contributed by atoms with van der Waals surface area (Å²) >= 11 is 0. The van der Waals surface area contributed by atoms with Gasteiger partial charge in [-0.1, -0.05) is 24.3 Å². The van der Waals surface area contributed by atoms with E-state index in [1.807, 2.05) is 0 Å². The minimum atomic E-state index is -0.272. The molecule has 1 aromatic rings. The van der Waals surface area contributed by atoms with Crippen molar-refractivity contribution >= 4 is 0 Å². The molecule has 2 aliphatic heterocycles. The lowest BCUT2D eigenvalue weighted by Gasteiger charge is -2.31. The average Bonchev–Trinajstić information content (AvgIpc) is 2.83. The quantitative estimate of drug-likeness (QED) is 0.717. The van der Waals surface area contributed by atoms with Crippen LogP contribution in [0, 0.1) is 5.92 Å². The Balaban J connectivity index is 1.76. The second kappa shape index (κ2) is 4.77. The minimum absolute atomic E-state index is 0.121. The largest absolute Gasteiger partial charge is 0.391 e. The van der Waals surface area contributed by atoms with E-state index in [9.17, 15) is 5.11 Å². The van der Waals surface area contributed by atoms with Crippen LogP contribution in [0.1, 0.15) is 30.0 Å². The second-order valence-electron chi connectivity index (χ2n) is 5.15. The van der Waals surface area contributed by atoms with Crippen LogP contribution < -0.4 is 10.6 Å². The molecule has 3 nitrogen and oxygen atoms in total. The maximum absolute atomic E-state index is 10.5. The molecule has 17 heavy (non-hydrogen) atoms. The third kappa shape index (κ3) is 2.10. The molecule has 2 aliphatic rings. The van der Waals surface area contributed by atoms with Crippen LogP contribution in [0.15, 0.2) is 24.3 Å². The van der Waals surface area contributed by atoms with Crippen LogP contribution in [0.3, 0.4) is 0 Å². The molecule has 92 valence electrons. The van der Waals surface area contributed by atoms with Gasteiger partial charge in [-0.3, -0.25) is 0 Å². The van der Waals surface area contributed by atoms with Crippen LogP contribution >= 0.6 is 0 Å². The first-order valence-electron chi connectivity index (χ1n) is 6.56. The molecule has 0 bridgehead atoms. The van der Waals surface area contributed by atoms with E-state index in [1.54, 1.807) is 0 Å². The van der Waals surface area contributed by atoms with Crippen molar-refractivity contribution in [2.45, 2.75) is 31.5 Å². The Labute approximate surface area is 102 Å². The molecule has 3 unspecified atom stereocenters. The van der Waals surface area contributed by atoms with Crippen LogP contribution in [-0.2, 0) is 6.54 Å². The third-order valence-electron chi connectivity index (χ3n) is 4.06. The van der Waals surface area contributed by atoms with Crippen LogP contribution in [-0.4, -0.2) is 24.3 Å². The normalized spacial score (nSPS) is 29.9. The van der Waals surface area contributed by atoms with Crippen molar-refractivity contribution in [2.24, 2.45) is 5.92 Å². The number of aliphatic hydroxyl groups excluding tert-OH is 1. The Bertz CT molecular complexity index is 388. The number of hydrogen-bond acceptors (Lipinski definition) is 3. The Hall–Kier alpha value is -0.900. The lowest BCUT2D eigenvalue weighted by Crippen LogP contribution is -2.41. The molecular formula is C14H20N2O. The van der Waals surface area contributed by atoms with E-state index in [1.165, 1.54) is 17.5 Å². The lowest BCUT2D eigenvalue weighted by molar-refractivity contribution is 0.0591. The summed E-state index contributed by atoms with van der Waals surface area (Å²) in [6, 6.07) is 8.53. The van der Waals surface area contributed by atoms with Gasteiger partial charge in [0.2, 0.25) is 0 Å². The molecule has 0 aromatic heterocycles. The van der Waals surface area contributed by atoms with Crippen LogP contribution in [0.5, 0.6) is 0 Å². The number of nitrogens with one attached hydrogen (secondary N) is 2. The summed E-state index contributed by atoms with van der Waals surface area (Å²) in [5.74, 6) is 0.382. The highest BCUT2D eigenvalue weighted by Gasteiger charge is 2.33. The van der Waals surface area contributed by atoms with Gasteiger partial charge in [-0.15, -0.1) is 0 Å². The van der Waals surface area contributed by atoms with Crippen molar-refractivity contribution in [1.82, 2.24) is 10.6 Å². The summed E-state index contributed by atoms with van der Waals surface area (Å²) < 4.78 is 0. The topological polar surface area (TPSA) is 44.3 Å². The zero-order valence-corrected chi connectivity index (χ0v) is 10.0. The lowest BCUT2D eigenvalue weighted by atomic mass is 9.87. The van der Waals surface area contributed by atoms with Crippen molar-refractivity contribution in [3.8, 4) is 0 Å². The average molecular weight is 232 g/mol. The molecule has 3 atom stereocenters. The summed E-state index contributed by atoms with van der Waals surface area (Å²) in [6.07, 6.45) is 2.04. The van der Waals surface area contributed by atoms with Crippen molar-refractivity contribution in [1.29, 1.82) is 0 Å². The maximum atomic E-state index is 10.5. The van der Waals surface area contributed by atoms with Gasteiger partial charge in [-0.2, -0.15) is 0 Å². The van der Waals surface area contributed by atoms with E-state index < -0.39 is 0 Å². The molecule has 2 heterocycles. The summed E-state index contributed by atoms with van der Waals surface area (Å²) in [4.78, 5) is 0. The number of benzene rings is 1. The van der Waals surface area contributed by atoms with Crippen molar-refractivity contribution < 1.29 is 5.11 Å². The molecule has 3 rings (SSSR count). The summed E-state index contributed by atoms with van der Waals surface area (Å²) in [6.45, 7) is 2.93. The molecule has 0 amide bonds. The maximum Gasteiger partial charge on any atom is 0.0775 e. The van der Waals surface area contributed by atoms with Gasteiger partial charge in [-0.25, -0.2) is 0 Å². The summed E-state index contributed by atoms with van der Waals surface area (Å²) in [5, 5.41) is 17.3. The molecule has 0 aliphatic carbocycles. The molecule has 1 aromatic carbocycles. The Morgan fingerprint density at radius 3 is 3.00 bits per heavy atom. The standard InChI is InChI=1S/C14H20N2O/c17-14(11-5-3-7-15-8-11)13-12-6-2-1-4-10(12)9-16-13/h1-2,4,6,11,13-17H,3,5,7-9H2. The monoisotopic (exact) mass is 232 g/mol. The smallest absolute Gasteiger partial charge is 0.0775 e. The van der Waals surface area contributed by atoms with Crippen molar-refractivity contribution in [3.05, 3.63) is 35.4 Å². The number of piperidine rings is 1. The van der Waals surface area contributed by atoms with Gasteiger partial charge >= 0.3 is 0 Å². The zero-order valence-electron chi connectivity index (χ0n) is 10.0. The number of fused-ring (bicyclic) bond motifs is 1. The van der Waals surface area contributed by atoms with Crippen LogP contribution in [0.2, 0.25) is 0 Å². The molecule has 1 fully saturated rings. The Kier molecular flexibility index (Phi) is 3.14. The van der Waals surface area contributed by atoms with Gasteiger partial charge in [0.05, 0.1) is 12.1 Å².